The van der Waals surface area contributed by atoms with Gasteiger partial charge in [-0.05, 0) is 42.0 Å². The normalized spacial score (nSPS) is 10.5. The standard InChI is InChI=1S/C18H15ClN2O/c1-22-15-8-4-12(5-9-15)16-10-11-17(20)21-18(16)13-2-6-14(19)7-3-13/h2-11H,1H3,(H2,20,21). The fourth-order valence-electron chi connectivity index (χ4n) is 2.31. The molecule has 3 aromatic rings. The summed E-state index contributed by atoms with van der Waals surface area (Å²) in [5.41, 5.74) is 9.74. The topological polar surface area (TPSA) is 48.1 Å². The van der Waals surface area contributed by atoms with E-state index in [2.05, 4.69) is 4.98 Å². The van der Waals surface area contributed by atoms with Crippen LogP contribution in [0.3, 0.4) is 0 Å². The molecule has 0 aliphatic rings. The van der Waals surface area contributed by atoms with Gasteiger partial charge in [0.05, 0.1) is 12.8 Å². The first-order valence-electron chi connectivity index (χ1n) is 6.84. The molecule has 110 valence electrons. The molecule has 1 aromatic heterocycles. The van der Waals surface area contributed by atoms with Crippen molar-refractivity contribution in [3.05, 3.63) is 65.7 Å². The molecule has 3 nitrogen and oxygen atoms in total. The van der Waals surface area contributed by atoms with Crippen molar-refractivity contribution in [1.82, 2.24) is 4.98 Å². The smallest absolute Gasteiger partial charge is 0.124 e. The van der Waals surface area contributed by atoms with Crippen molar-refractivity contribution >= 4 is 17.4 Å². The number of ether oxygens (including phenoxy) is 1. The molecule has 0 amide bonds. The summed E-state index contributed by atoms with van der Waals surface area (Å²) in [6.07, 6.45) is 0. The molecule has 3 rings (SSSR count). The van der Waals surface area contributed by atoms with E-state index in [9.17, 15) is 0 Å². The van der Waals surface area contributed by atoms with Crippen LogP contribution in [0.5, 0.6) is 5.75 Å². The molecule has 0 bridgehead atoms. The van der Waals surface area contributed by atoms with Gasteiger partial charge in [-0.3, -0.25) is 0 Å². The molecule has 0 aliphatic carbocycles. The van der Waals surface area contributed by atoms with Crippen molar-refractivity contribution in [2.75, 3.05) is 12.8 Å². The average molecular weight is 311 g/mol. The lowest BCUT2D eigenvalue weighted by molar-refractivity contribution is 0.415. The second-order valence-corrected chi connectivity index (χ2v) is 5.30. The lowest BCUT2D eigenvalue weighted by Gasteiger charge is -2.11. The molecule has 2 N–H and O–H groups in total. The summed E-state index contributed by atoms with van der Waals surface area (Å²) in [4.78, 5) is 4.50. The van der Waals surface area contributed by atoms with E-state index in [1.165, 1.54) is 0 Å². The lowest BCUT2D eigenvalue weighted by Crippen LogP contribution is -1.95. The Labute approximate surface area is 134 Å². The van der Waals surface area contributed by atoms with Crippen molar-refractivity contribution in [3.63, 3.8) is 0 Å². The second-order valence-electron chi connectivity index (χ2n) is 4.87. The second kappa shape index (κ2) is 6.08. The molecule has 0 radical (unpaired) electrons. The van der Waals surface area contributed by atoms with E-state index in [0.717, 1.165) is 28.1 Å². The Hall–Kier alpha value is -2.52. The summed E-state index contributed by atoms with van der Waals surface area (Å²) in [5, 5.41) is 0.693. The largest absolute Gasteiger partial charge is 0.497 e. The van der Waals surface area contributed by atoms with Crippen LogP contribution in [0.15, 0.2) is 60.7 Å². The molecular weight excluding hydrogens is 296 g/mol. The molecule has 2 aromatic carbocycles. The molecule has 22 heavy (non-hydrogen) atoms. The van der Waals surface area contributed by atoms with Crippen molar-refractivity contribution < 1.29 is 4.74 Å². The molecule has 0 fully saturated rings. The molecule has 0 unspecified atom stereocenters. The highest BCUT2D eigenvalue weighted by molar-refractivity contribution is 6.30. The zero-order valence-corrected chi connectivity index (χ0v) is 12.8. The number of pyridine rings is 1. The number of hydrogen-bond acceptors (Lipinski definition) is 3. The molecule has 1 heterocycles. The van der Waals surface area contributed by atoms with E-state index in [-0.39, 0.29) is 0 Å². The zero-order valence-electron chi connectivity index (χ0n) is 12.1. The maximum Gasteiger partial charge on any atom is 0.124 e. The van der Waals surface area contributed by atoms with E-state index >= 15 is 0 Å². The molecule has 0 saturated heterocycles. The number of nitrogen functional groups attached to an aromatic ring is 1. The molecule has 0 aliphatic heterocycles. The van der Waals surface area contributed by atoms with Gasteiger partial charge in [-0.1, -0.05) is 35.9 Å². The number of nitrogens with two attached hydrogens (primary N) is 1. The minimum atomic E-state index is 0.488. The van der Waals surface area contributed by atoms with Crippen molar-refractivity contribution in [3.8, 4) is 28.1 Å². The third kappa shape index (κ3) is 2.90. The predicted molar refractivity (Wildman–Crippen MR) is 91.1 cm³/mol. The van der Waals surface area contributed by atoms with Gasteiger partial charge < -0.3 is 10.5 Å². The maximum absolute atomic E-state index is 5.96. The summed E-state index contributed by atoms with van der Waals surface area (Å²) in [5.74, 6) is 1.31. The third-order valence-corrected chi connectivity index (χ3v) is 3.69. The van der Waals surface area contributed by atoms with Gasteiger partial charge in [0.15, 0.2) is 0 Å². The Morgan fingerprint density at radius 3 is 2.14 bits per heavy atom. The van der Waals surface area contributed by atoms with E-state index in [4.69, 9.17) is 22.1 Å². The number of hydrogen-bond donors (Lipinski definition) is 1. The maximum atomic E-state index is 5.96. The minimum absolute atomic E-state index is 0.488. The number of halogens is 1. The Morgan fingerprint density at radius 1 is 0.864 bits per heavy atom. The lowest BCUT2D eigenvalue weighted by atomic mass is 9.99. The van der Waals surface area contributed by atoms with E-state index < -0.39 is 0 Å². The number of aromatic nitrogens is 1. The van der Waals surface area contributed by atoms with Gasteiger partial charge in [0.2, 0.25) is 0 Å². The van der Waals surface area contributed by atoms with E-state index in [1.807, 2.05) is 54.6 Å². The van der Waals surface area contributed by atoms with Crippen LogP contribution in [0, 0.1) is 0 Å². The van der Waals surface area contributed by atoms with Crippen molar-refractivity contribution in [1.29, 1.82) is 0 Å². The fraction of sp³-hybridized carbons (Fsp3) is 0.0556. The SMILES string of the molecule is COc1ccc(-c2ccc(N)nc2-c2ccc(Cl)cc2)cc1. The van der Waals surface area contributed by atoms with Crippen LogP contribution in [0.25, 0.3) is 22.4 Å². The van der Waals surface area contributed by atoms with Crippen LogP contribution in [-0.4, -0.2) is 12.1 Å². The molecule has 0 atom stereocenters. The molecule has 0 spiro atoms. The number of benzene rings is 2. The van der Waals surface area contributed by atoms with Gasteiger partial charge in [0, 0.05) is 16.1 Å². The summed E-state index contributed by atoms with van der Waals surface area (Å²) in [7, 11) is 1.65. The van der Waals surface area contributed by atoms with Crippen LogP contribution in [0.2, 0.25) is 5.02 Å². The summed E-state index contributed by atoms with van der Waals surface area (Å²) >= 11 is 5.96. The first-order valence-corrected chi connectivity index (χ1v) is 7.22. The van der Waals surface area contributed by atoms with Crippen LogP contribution in [0.4, 0.5) is 5.82 Å². The zero-order chi connectivity index (χ0) is 15.5. The molecular formula is C18H15ClN2O. The highest BCUT2D eigenvalue weighted by Gasteiger charge is 2.10. The Balaban J connectivity index is 2.12. The molecule has 0 saturated carbocycles. The van der Waals surface area contributed by atoms with Crippen LogP contribution >= 0.6 is 11.6 Å². The van der Waals surface area contributed by atoms with Crippen LogP contribution in [-0.2, 0) is 0 Å². The Morgan fingerprint density at radius 2 is 1.50 bits per heavy atom. The molecule has 4 heteroatoms. The monoisotopic (exact) mass is 310 g/mol. The van der Waals surface area contributed by atoms with Gasteiger partial charge in [0.1, 0.15) is 11.6 Å². The predicted octanol–water partition coefficient (Wildman–Crippen LogP) is 4.66. The number of nitrogens with zero attached hydrogens (tertiary/aromatic N) is 1. The van der Waals surface area contributed by atoms with Gasteiger partial charge >= 0.3 is 0 Å². The van der Waals surface area contributed by atoms with Crippen molar-refractivity contribution in [2.24, 2.45) is 0 Å². The van der Waals surface area contributed by atoms with E-state index in [1.54, 1.807) is 13.2 Å². The Bertz CT molecular complexity index is 783. The minimum Gasteiger partial charge on any atom is -0.497 e. The average Bonchev–Trinajstić information content (AvgIpc) is 2.56. The highest BCUT2D eigenvalue weighted by Crippen LogP contribution is 2.32. The fourth-order valence-corrected chi connectivity index (χ4v) is 2.43. The number of anilines is 1. The first kappa shape index (κ1) is 14.4. The highest BCUT2D eigenvalue weighted by atomic mass is 35.5. The van der Waals surface area contributed by atoms with E-state index in [0.29, 0.717) is 10.8 Å². The van der Waals surface area contributed by atoms with Crippen molar-refractivity contribution in [2.45, 2.75) is 0 Å². The summed E-state index contributed by atoms with van der Waals surface area (Å²) < 4.78 is 5.20. The number of rotatable bonds is 3. The van der Waals surface area contributed by atoms with Gasteiger partial charge in [0.25, 0.3) is 0 Å². The third-order valence-electron chi connectivity index (χ3n) is 3.44. The van der Waals surface area contributed by atoms with Gasteiger partial charge in [-0.25, -0.2) is 4.98 Å². The summed E-state index contributed by atoms with van der Waals surface area (Å²) in [6, 6.07) is 19.2. The summed E-state index contributed by atoms with van der Waals surface area (Å²) in [6.45, 7) is 0. The quantitative estimate of drug-likeness (QED) is 0.765. The van der Waals surface area contributed by atoms with Gasteiger partial charge in [-0.2, -0.15) is 0 Å². The van der Waals surface area contributed by atoms with Crippen LogP contribution in [0.1, 0.15) is 0 Å². The first-order chi connectivity index (χ1) is 10.7. The Kier molecular flexibility index (Phi) is 3.98. The number of methoxy groups -OCH3 is 1. The van der Waals surface area contributed by atoms with Crippen LogP contribution < -0.4 is 10.5 Å². The van der Waals surface area contributed by atoms with Gasteiger partial charge in [-0.15, -0.1) is 0 Å².